The van der Waals surface area contributed by atoms with Crippen molar-refractivity contribution >= 4 is 21.7 Å². The van der Waals surface area contributed by atoms with Crippen LogP contribution in [0.5, 0.6) is 0 Å². The van der Waals surface area contributed by atoms with Crippen LogP contribution in [-0.2, 0) is 31.0 Å². The van der Waals surface area contributed by atoms with Gasteiger partial charge in [0.05, 0.1) is 26.2 Å². The standard InChI is InChI=1S/C21H24N3O5S/c25-19-15-22-12-6-9-18(19)24(30(27,28)20-10-4-5-13-23-20)21(26)11-14-29-16-17-7-2-1-3-8-17/h1-5,7-8,10-11,13,18,22H,6,9,12,14-16H2/t18-/m0/s1. The van der Waals surface area contributed by atoms with Crippen molar-refractivity contribution in [3.8, 4) is 0 Å². The van der Waals surface area contributed by atoms with E-state index in [9.17, 15) is 18.0 Å². The summed E-state index contributed by atoms with van der Waals surface area (Å²) in [5, 5.41) is 2.67. The fourth-order valence-corrected chi connectivity index (χ4v) is 4.69. The minimum absolute atomic E-state index is 0.0106. The molecule has 3 rings (SSSR count). The highest BCUT2D eigenvalue weighted by Crippen LogP contribution is 2.22. The number of sulfonamides is 1. The Balaban J connectivity index is 1.76. The van der Waals surface area contributed by atoms with Crippen molar-refractivity contribution in [3.63, 3.8) is 0 Å². The average Bonchev–Trinajstić information content (AvgIpc) is 2.97. The summed E-state index contributed by atoms with van der Waals surface area (Å²) in [5.41, 5.74) is 0.932. The molecule has 0 unspecified atom stereocenters. The first-order valence-corrected chi connectivity index (χ1v) is 11.1. The zero-order chi connectivity index (χ0) is 21.4. The molecule has 1 N–H and O–H groups in total. The number of hydrogen-bond acceptors (Lipinski definition) is 7. The predicted molar refractivity (Wildman–Crippen MR) is 110 cm³/mol. The molecule has 9 heteroatoms. The second-order valence-corrected chi connectivity index (χ2v) is 8.57. The first kappa shape index (κ1) is 22.1. The number of ketones is 1. The fourth-order valence-electron chi connectivity index (χ4n) is 3.17. The molecule has 1 aliphatic rings. The van der Waals surface area contributed by atoms with Crippen LogP contribution in [0.15, 0.2) is 59.8 Å². The van der Waals surface area contributed by atoms with Gasteiger partial charge in [0.25, 0.3) is 10.0 Å². The molecule has 1 aromatic carbocycles. The zero-order valence-electron chi connectivity index (χ0n) is 16.4. The van der Waals surface area contributed by atoms with Gasteiger partial charge in [-0.2, -0.15) is 8.42 Å². The van der Waals surface area contributed by atoms with Crippen LogP contribution >= 0.6 is 0 Å². The molecule has 1 amide bonds. The molecule has 30 heavy (non-hydrogen) atoms. The van der Waals surface area contributed by atoms with Crippen molar-refractivity contribution in [1.29, 1.82) is 0 Å². The molecule has 159 valence electrons. The summed E-state index contributed by atoms with van der Waals surface area (Å²) in [6, 6.07) is 12.7. The number of aromatic nitrogens is 1. The van der Waals surface area contributed by atoms with Crippen molar-refractivity contribution in [2.24, 2.45) is 0 Å². The molecule has 1 radical (unpaired) electrons. The number of benzene rings is 1. The molecular weight excluding hydrogens is 406 g/mol. The zero-order valence-corrected chi connectivity index (χ0v) is 17.3. The quantitative estimate of drug-likeness (QED) is 0.630. The molecular formula is C21H24N3O5S. The summed E-state index contributed by atoms with van der Waals surface area (Å²) in [4.78, 5) is 29.4. The van der Waals surface area contributed by atoms with E-state index in [1.807, 2.05) is 30.3 Å². The van der Waals surface area contributed by atoms with Crippen molar-refractivity contribution in [3.05, 3.63) is 66.7 Å². The van der Waals surface area contributed by atoms with Gasteiger partial charge in [0.2, 0.25) is 5.91 Å². The van der Waals surface area contributed by atoms with Crippen LogP contribution in [0.25, 0.3) is 0 Å². The summed E-state index contributed by atoms with van der Waals surface area (Å²) in [5.74, 6) is -1.15. The van der Waals surface area contributed by atoms with Gasteiger partial charge < -0.3 is 10.1 Å². The average molecular weight is 431 g/mol. The lowest BCUT2D eigenvalue weighted by Crippen LogP contribution is -2.50. The van der Waals surface area contributed by atoms with E-state index in [0.717, 1.165) is 12.0 Å². The molecule has 1 atom stereocenters. The Labute approximate surface area is 176 Å². The Morgan fingerprint density at radius 3 is 2.70 bits per heavy atom. The molecule has 0 saturated carbocycles. The second kappa shape index (κ2) is 10.4. The number of rotatable bonds is 8. The van der Waals surface area contributed by atoms with Crippen LogP contribution in [0.1, 0.15) is 18.4 Å². The Bertz CT molecular complexity index is 951. The lowest BCUT2D eigenvalue weighted by Gasteiger charge is -2.28. The number of carbonyl (C=O) groups excluding carboxylic acids is 2. The fraction of sp³-hybridized carbons (Fsp3) is 0.333. The topological polar surface area (TPSA) is 106 Å². The van der Waals surface area contributed by atoms with E-state index in [1.54, 1.807) is 6.07 Å². The smallest absolute Gasteiger partial charge is 0.284 e. The molecule has 8 nitrogen and oxygen atoms in total. The van der Waals surface area contributed by atoms with Crippen LogP contribution < -0.4 is 5.32 Å². The minimum atomic E-state index is -4.30. The first-order chi connectivity index (χ1) is 14.5. The number of nitrogens with one attached hydrogen (secondary N) is 1. The Kier molecular flexibility index (Phi) is 7.67. The van der Waals surface area contributed by atoms with Crippen LogP contribution in [-0.4, -0.2) is 55.1 Å². The highest BCUT2D eigenvalue weighted by molar-refractivity contribution is 7.89. The molecule has 2 aromatic rings. The number of amides is 1. The minimum Gasteiger partial charge on any atom is -0.376 e. The van der Waals surface area contributed by atoms with E-state index in [2.05, 4.69) is 10.3 Å². The Hall–Kier alpha value is -2.62. The third-order valence-corrected chi connectivity index (χ3v) is 6.37. The van der Waals surface area contributed by atoms with E-state index in [-0.39, 0.29) is 37.0 Å². The van der Waals surface area contributed by atoms with Crippen molar-refractivity contribution in [2.75, 3.05) is 19.7 Å². The lowest BCUT2D eigenvalue weighted by atomic mass is 10.1. The maximum atomic E-state index is 13.2. The molecule has 0 aliphatic carbocycles. The highest BCUT2D eigenvalue weighted by atomic mass is 32.2. The van der Waals surface area contributed by atoms with E-state index in [1.165, 1.54) is 18.3 Å². The third-order valence-electron chi connectivity index (χ3n) is 4.65. The SMILES string of the molecule is O=C1CNCCC[C@@H]1N(C(=O)[CH]COCc1ccccc1)S(=O)(=O)c1ccccn1. The van der Waals surface area contributed by atoms with Gasteiger partial charge in [-0.1, -0.05) is 36.4 Å². The van der Waals surface area contributed by atoms with Crippen LogP contribution in [0.3, 0.4) is 0 Å². The number of carbonyl (C=O) groups is 2. The number of nitrogens with zero attached hydrogens (tertiary/aromatic N) is 2. The summed E-state index contributed by atoms with van der Waals surface area (Å²) >= 11 is 0. The Morgan fingerprint density at radius 2 is 1.97 bits per heavy atom. The van der Waals surface area contributed by atoms with Crippen LogP contribution in [0.4, 0.5) is 0 Å². The van der Waals surface area contributed by atoms with Crippen LogP contribution in [0, 0.1) is 6.42 Å². The number of hydrogen-bond donors (Lipinski definition) is 1. The second-order valence-electron chi connectivity index (χ2n) is 6.81. The normalized spacial score (nSPS) is 17.3. The van der Waals surface area contributed by atoms with Gasteiger partial charge in [0.15, 0.2) is 10.8 Å². The molecule has 1 aliphatic heterocycles. The van der Waals surface area contributed by atoms with Crippen LogP contribution in [0.2, 0.25) is 0 Å². The van der Waals surface area contributed by atoms with E-state index in [4.69, 9.17) is 4.74 Å². The predicted octanol–water partition coefficient (Wildman–Crippen LogP) is 1.34. The monoisotopic (exact) mass is 430 g/mol. The lowest BCUT2D eigenvalue weighted by molar-refractivity contribution is -0.131. The maximum Gasteiger partial charge on any atom is 0.284 e. The molecule has 0 spiro atoms. The molecule has 0 bridgehead atoms. The van der Waals surface area contributed by atoms with Crippen molar-refractivity contribution < 1.29 is 22.7 Å². The van der Waals surface area contributed by atoms with E-state index in [0.29, 0.717) is 17.3 Å². The maximum absolute atomic E-state index is 13.2. The largest absolute Gasteiger partial charge is 0.376 e. The van der Waals surface area contributed by atoms with E-state index < -0.39 is 22.0 Å². The van der Waals surface area contributed by atoms with Gasteiger partial charge >= 0.3 is 0 Å². The summed E-state index contributed by atoms with van der Waals surface area (Å²) in [6.45, 7) is 0.791. The number of Topliss-reactive ketones (excluding diaryl/α,β-unsaturated/α-hetero) is 1. The molecule has 1 fully saturated rings. The summed E-state index contributed by atoms with van der Waals surface area (Å²) in [6.07, 6.45) is 3.30. The number of ether oxygens (including phenoxy) is 1. The third kappa shape index (κ3) is 5.50. The van der Waals surface area contributed by atoms with Gasteiger partial charge in [-0.05, 0) is 37.1 Å². The van der Waals surface area contributed by atoms with Gasteiger partial charge in [-0.15, -0.1) is 0 Å². The van der Waals surface area contributed by atoms with Crippen molar-refractivity contribution in [2.45, 2.75) is 30.5 Å². The van der Waals surface area contributed by atoms with E-state index >= 15 is 0 Å². The first-order valence-electron chi connectivity index (χ1n) is 9.68. The molecule has 1 saturated heterocycles. The summed E-state index contributed by atoms with van der Waals surface area (Å²) < 4.78 is 32.5. The van der Waals surface area contributed by atoms with Gasteiger partial charge in [-0.3, -0.25) is 9.59 Å². The van der Waals surface area contributed by atoms with Gasteiger partial charge in [-0.25, -0.2) is 9.29 Å². The Morgan fingerprint density at radius 1 is 1.20 bits per heavy atom. The van der Waals surface area contributed by atoms with Crippen molar-refractivity contribution in [1.82, 2.24) is 14.6 Å². The number of pyridine rings is 1. The highest BCUT2D eigenvalue weighted by Gasteiger charge is 2.40. The molecule has 1 aromatic heterocycles. The summed E-state index contributed by atoms with van der Waals surface area (Å²) in [7, 11) is -4.30. The molecule has 2 heterocycles. The van der Waals surface area contributed by atoms with Gasteiger partial charge in [0, 0.05) is 6.20 Å². The van der Waals surface area contributed by atoms with Gasteiger partial charge in [0.1, 0.15) is 6.04 Å².